The third kappa shape index (κ3) is 3.18. The third-order valence-electron chi connectivity index (χ3n) is 3.39. The van der Waals surface area contributed by atoms with Crippen LogP contribution in [0, 0.1) is 0 Å². The van der Waals surface area contributed by atoms with E-state index in [1.165, 1.54) is 0 Å². The highest BCUT2D eigenvalue weighted by atomic mass is 16.4. The number of aryl methyl sites for hydroxylation is 1. The number of aromatic nitrogens is 2. The Hall–Kier alpha value is -2.43. The van der Waals surface area contributed by atoms with Gasteiger partial charge < -0.3 is 5.11 Å². The van der Waals surface area contributed by atoms with E-state index in [4.69, 9.17) is 5.11 Å². The van der Waals surface area contributed by atoms with Crippen LogP contribution in [-0.2, 0) is 11.2 Å². The van der Waals surface area contributed by atoms with Crippen molar-refractivity contribution in [1.29, 1.82) is 0 Å². The summed E-state index contributed by atoms with van der Waals surface area (Å²) in [5.41, 5.74) is 0.472. The number of carbonyl (C=O) groups is 1. The first-order valence-corrected chi connectivity index (χ1v) is 6.87. The number of hydrogen-bond acceptors (Lipinski definition) is 3. The van der Waals surface area contributed by atoms with Crippen molar-refractivity contribution in [3.8, 4) is 0 Å². The van der Waals surface area contributed by atoms with E-state index in [-0.39, 0.29) is 24.4 Å². The van der Waals surface area contributed by atoms with Crippen molar-refractivity contribution in [3.63, 3.8) is 0 Å². The summed E-state index contributed by atoms with van der Waals surface area (Å²) in [5, 5.41) is 9.41. The highest BCUT2D eigenvalue weighted by molar-refractivity contribution is 5.77. The number of benzene rings is 1. The number of carboxylic acids is 1. The van der Waals surface area contributed by atoms with Crippen molar-refractivity contribution in [1.82, 2.24) is 9.55 Å². The Morgan fingerprint density at radius 1 is 1.48 bits per heavy atom. The molecule has 0 saturated heterocycles. The quantitative estimate of drug-likeness (QED) is 0.828. The summed E-state index contributed by atoms with van der Waals surface area (Å²) in [7, 11) is 0. The average molecular weight is 286 g/mol. The van der Waals surface area contributed by atoms with Gasteiger partial charge in [0, 0.05) is 12.5 Å². The normalized spacial score (nSPS) is 12.2. The molecule has 0 aliphatic carbocycles. The van der Waals surface area contributed by atoms with E-state index in [1.54, 1.807) is 28.8 Å². The maximum Gasteiger partial charge on any atom is 0.303 e. The molecule has 5 heteroatoms. The van der Waals surface area contributed by atoms with Crippen LogP contribution in [0.3, 0.4) is 0 Å². The van der Waals surface area contributed by atoms with Crippen LogP contribution in [-0.4, -0.2) is 20.6 Å². The lowest BCUT2D eigenvalue weighted by Crippen LogP contribution is -2.28. The Kier molecular flexibility index (Phi) is 4.52. The highest BCUT2D eigenvalue weighted by Crippen LogP contribution is 2.16. The molecule has 1 unspecified atom stereocenters. The number of rotatable bonds is 6. The molecule has 0 aliphatic heterocycles. The fourth-order valence-corrected chi connectivity index (χ4v) is 2.39. The molecule has 0 spiro atoms. The van der Waals surface area contributed by atoms with Gasteiger partial charge in [0.05, 0.1) is 17.3 Å². The van der Waals surface area contributed by atoms with E-state index in [2.05, 4.69) is 11.6 Å². The van der Waals surface area contributed by atoms with Crippen molar-refractivity contribution in [2.24, 2.45) is 0 Å². The van der Waals surface area contributed by atoms with E-state index in [0.29, 0.717) is 23.1 Å². The molecule has 2 aromatic rings. The maximum atomic E-state index is 12.7. The summed E-state index contributed by atoms with van der Waals surface area (Å²) in [6.07, 6.45) is 2.55. The zero-order chi connectivity index (χ0) is 15.4. The second kappa shape index (κ2) is 6.35. The van der Waals surface area contributed by atoms with Crippen molar-refractivity contribution in [2.45, 2.75) is 32.2 Å². The molecule has 21 heavy (non-hydrogen) atoms. The van der Waals surface area contributed by atoms with E-state index < -0.39 is 5.97 Å². The summed E-state index contributed by atoms with van der Waals surface area (Å²) in [6, 6.07) is 7.01. The van der Waals surface area contributed by atoms with Gasteiger partial charge in [0.25, 0.3) is 5.56 Å². The summed E-state index contributed by atoms with van der Waals surface area (Å²) >= 11 is 0. The Balaban J connectivity index is 2.61. The summed E-state index contributed by atoms with van der Waals surface area (Å²) in [5.74, 6) is -0.393. The first-order valence-electron chi connectivity index (χ1n) is 6.87. The van der Waals surface area contributed by atoms with Gasteiger partial charge in [-0.1, -0.05) is 18.2 Å². The van der Waals surface area contributed by atoms with Gasteiger partial charge in [-0.05, 0) is 25.5 Å². The molecule has 0 radical (unpaired) electrons. The molecule has 0 fully saturated rings. The molecule has 1 atom stereocenters. The number of aliphatic carboxylic acids is 1. The minimum absolute atomic E-state index is 0.0500. The molecule has 1 aromatic heterocycles. The number of para-hydroxylation sites is 1. The van der Waals surface area contributed by atoms with Crippen LogP contribution in [0.5, 0.6) is 0 Å². The minimum atomic E-state index is -0.902. The van der Waals surface area contributed by atoms with Gasteiger partial charge in [0.15, 0.2) is 0 Å². The molecule has 0 bridgehead atoms. The number of carboxylic acid groups (broad SMARTS) is 1. The van der Waals surface area contributed by atoms with Crippen molar-refractivity contribution in [3.05, 3.63) is 53.1 Å². The first-order chi connectivity index (χ1) is 10.0. The van der Waals surface area contributed by atoms with Crippen LogP contribution in [0.25, 0.3) is 10.9 Å². The predicted molar refractivity (Wildman–Crippen MR) is 81.5 cm³/mol. The average Bonchev–Trinajstić information content (AvgIpc) is 2.45. The Labute approximate surface area is 122 Å². The lowest BCUT2D eigenvalue weighted by atomic mass is 10.1. The van der Waals surface area contributed by atoms with Gasteiger partial charge in [-0.3, -0.25) is 14.2 Å². The SMILES string of the molecule is C=CCC(C)n1c(CCC(=O)O)nc2ccccc2c1=O. The monoisotopic (exact) mass is 286 g/mol. The molecule has 0 aliphatic rings. The van der Waals surface area contributed by atoms with Gasteiger partial charge in [-0.2, -0.15) is 0 Å². The second-order valence-electron chi connectivity index (χ2n) is 4.99. The lowest BCUT2D eigenvalue weighted by Gasteiger charge is -2.18. The number of hydrogen-bond donors (Lipinski definition) is 1. The van der Waals surface area contributed by atoms with Crippen molar-refractivity contribution < 1.29 is 9.90 Å². The molecule has 0 amide bonds. The van der Waals surface area contributed by atoms with E-state index >= 15 is 0 Å². The summed E-state index contributed by atoms with van der Waals surface area (Å²) in [6.45, 7) is 5.60. The highest BCUT2D eigenvalue weighted by Gasteiger charge is 2.15. The molecule has 5 nitrogen and oxygen atoms in total. The van der Waals surface area contributed by atoms with Crippen LogP contribution in [0.15, 0.2) is 41.7 Å². The largest absolute Gasteiger partial charge is 0.481 e. The van der Waals surface area contributed by atoms with E-state index in [9.17, 15) is 9.59 Å². The van der Waals surface area contributed by atoms with Gasteiger partial charge in [-0.15, -0.1) is 6.58 Å². The molecular formula is C16H18N2O3. The van der Waals surface area contributed by atoms with Gasteiger partial charge >= 0.3 is 5.97 Å². The number of fused-ring (bicyclic) bond motifs is 1. The lowest BCUT2D eigenvalue weighted by molar-refractivity contribution is -0.137. The molecule has 110 valence electrons. The van der Waals surface area contributed by atoms with Crippen LogP contribution in [0.4, 0.5) is 0 Å². The number of nitrogens with zero attached hydrogens (tertiary/aromatic N) is 2. The molecule has 1 aromatic carbocycles. The molecule has 1 heterocycles. The van der Waals surface area contributed by atoms with Crippen molar-refractivity contribution >= 4 is 16.9 Å². The van der Waals surface area contributed by atoms with Crippen LogP contribution >= 0.6 is 0 Å². The fraction of sp³-hybridized carbons (Fsp3) is 0.312. The zero-order valence-electron chi connectivity index (χ0n) is 12.0. The van der Waals surface area contributed by atoms with E-state index in [1.807, 2.05) is 13.0 Å². The van der Waals surface area contributed by atoms with Gasteiger partial charge in [0.1, 0.15) is 5.82 Å². The van der Waals surface area contributed by atoms with Gasteiger partial charge in [-0.25, -0.2) is 4.98 Å². The molecule has 1 N–H and O–H groups in total. The van der Waals surface area contributed by atoms with E-state index in [0.717, 1.165) is 0 Å². The van der Waals surface area contributed by atoms with Crippen LogP contribution < -0.4 is 5.56 Å². The molecule has 0 saturated carbocycles. The maximum absolute atomic E-state index is 12.7. The standard InChI is InChI=1S/C16H18N2O3/c1-3-6-11(2)18-14(9-10-15(19)20)17-13-8-5-4-7-12(13)16(18)21/h3-5,7-8,11H,1,6,9-10H2,2H3,(H,19,20). The fourth-order valence-electron chi connectivity index (χ4n) is 2.39. The topological polar surface area (TPSA) is 72.2 Å². The predicted octanol–water partition coefficient (Wildman–Crippen LogP) is 2.55. The zero-order valence-corrected chi connectivity index (χ0v) is 12.0. The summed E-state index contributed by atoms with van der Waals surface area (Å²) in [4.78, 5) is 27.9. The Morgan fingerprint density at radius 2 is 2.19 bits per heavy atom. The smallest absolute Gasteiger partial charge is 0.303 e. The van der Waals surface area contributed by atoms with Gasteiger partial charge in [0.2, 0.25) is 0 Å². The Bertz CT molecular complexity index is 734. The number of allylic oxidation sites excluding steroid dienone is 1. The third-order valence-corrected chi connectivity index (χ3v) is 3.39. The van der Waals surface area contributed by atoms with Crippen LogP contribution in [0.2, 0.25) is 0 Å². The second-order valence-corrected chi connectivity index (χ2v) is 4.99. The minimum Gasteiger partial charge on any atom is -0.481 e. The van der Waals surface area contributed by atoms with Crippen molar-refractivity contribution in [2.75, 3.05) is 0 Å². The van der Waals surface area contributed by atoms with Crippen LogP contribution in [0.1, 0.15) is 31.6 Å². The molecular weight excluding hydrogens is 268 g/mol. The first kappa shape index (κ1) is 15.0. The molecule has 2 rings (SSSR count). The Morgan fingerprint density at radius 3 is 2.86 bits per heavy atom. The summed E-state index contributed by atoms with van der Waals surface area (Å²) < 4.78 is 1.59.